The predicted octanol–water partition coefficient (Wildman–Crippen LogP) is 3.27. The number of rotatable bonds is 55. The van der Waals surface area contributed by atoms with Crippen molar-refractivity contribution in [3.8, 4) is 0 Å². The van der Waals surface area contributed by atoms with E-state index in [4.69, 9.17) is 34.4 Å². The Bertz CT molecular complexity index is 2470. The average Bonchev–Trinajstić information content (AvgIpc) is 1.84. The Morgan fingerprint density at radius 1 is 0.556 bits per heavy atom. The molecule has 0 saturated carbocycles. The first-order chi connectivity index (χ1) is 47.0. The number of amides is 8. The van der Waals surface area contributed by atoms with E-state index in [1.807, 2.05) is 0 Å². The molecule has 0 aliphatic carbocycles. The maximum atomic E-state index is 14.1. The maximum absolute atomic E-state index is 14.1. The van der Waals surface area contributed by atoms with E-state index in [9.17, 15) is 68.7 Å². The highest BCUT2D eigenvalue weighted by Gasteiger charge is 2.39. The lowest BCUT2D eigenvalue weighted by Crippen LogP contribution is -2.62. The topological polar surface area (TPSA) is 495 Å². The first kappa shape index (κ1) is 89.2. The fourth-order valence-corrected chi connectivity index (χ4v) is 12.5. The predicted molar refractivity (Wildman–Crippen MR) is 383 cm³/mol. The van der Waals surface area contributed by atoms with Crippen molar-refractivity contribution in [2.45, 2.75) is 350 Å². The quantitative estimate of drug-likeness (QED) is 0.0416. The van der Waals surface area contributed by atoms with Gasteiger partial charge in [-0.1, -0.05) is 173 Å². The Labute approximate surface area is 589 Å². The molecule has 15 atom stereocenters. The largest absolute Gasteiger partial charge is 0.480 e. The van der Waals surface area contributed by atoms with Crippen LogP contribution in [-0.2, 0) is 49.6 Å². The molecule has 99 heavy (non-hydrogen) atoms. The zero-order chi connectivity index (χ0) is 73.7. The third-order valence-corrected chi connectivity index (χ3v) is 18.6. The van der Waals surface area contributed by atoms with Crippen molar-refractivity contribution in [1.82, 2.24) is 37.2 Å². The highest BCUT2D eigenvalue weighted by atomic mass is 16.4. The second kappa shape index (κ2) is 52.1. The van der Waals surface area contributed by atoms with Gasteiger partial charge in [-0.3, -0.25) is 43.2 Å². The zero-order valence-corrected chi connectivity index (χ0v) is 60.2. The van der Waals surface area contributed by atoms with Crippen molar-refractivity contribution in [3.05, 3.63) is 35.9 Å². The summed E-state index contributed by atoms with van der Waals surface area (Å²) >= 11 is 0. The molecule has 1 aromatic carbocycles. The third kappa shape index (κ3) is 42.8. The lowest BCUT2D eigenvalue weighted by molar-refractivity contribution is -0.140. The standard InChI is InChI=1S/C72H131N13O14/c1-47(2)66(84-71(97)67-49(4)80-65(93)46-60(69(95)82-59(45-62(78)90)70(96)85-67)83-68(94)58(40-50-29-19-17-20-30-50)81-64(92)44-57(77)72(98)99)61(89)42-55(87)41-56(88)43-63(91)79-39-38-54(86)37-27-16-8-15-26-36-53(76)35-25-14-7-13-24-34-52(75)33-23-12-6-11-22-32-51(74)31-21-10-5-9-18-28-48(3)73/h17,19-20,29-30,47-49,51-61,66-67,86-89H,5-16,18,21-28,31-46,73-77H2,1-4H3,(H2,78,90)(H,79,91)(H,80,93)(H,81,92)(H,82,95)(H,83,94)(H,84,97)(H,85,96)(H,98,99)/t48?,49?,51?,52?,53?,54?,55?,56?,57?,58-,59?,60?,61?,66?,67?/m0/s1. The molecule has 8 amide bonds. The third-order valence-electron chi connectivity index (χ3n) is 18.6. The van der Waals surface area contributed by atoms with E-state index in [2.05, 4.69) is 44.1 Å². The summed E-state index contributed by atoms with van der Waals surface area (Å²) in [6, 6.07) is -1.03. The van der Waals surface area contributed by atoms with Crippen LogP contribution in [0.2, 0.25) is 0 Å². The molecule has 1 saturated heterocycles. The van der Waals surface area contributed by atoms with Crippen molar-refractivity contribution >= 4 is 53.2 Å². The van der Waals surface area contributed by atoms with Crippen LogP contribution in [0.4, 0.5) is 0 Å². The zero-order valence-electron chi connectivity index (χ0n) is 60.2. The van der Waals surface area contributed by atoms with Gasteiger partial charge in [0.1, 0.15) is 30.2 Å². The summed E-state index contributed by atoms with van der Waals surface area (Å²) in [5, 5.41) is 70.4. The number of nitrogens with two attached hydrogens (primary N) is 6. The lowest BCUT2D eigenvalue weighted by atomic mass is 9.92. The van der Waals surface area contributed by atoms with E-state index >= 15 is 0 Å². The molecule has 27 heteroatoms. The van der Waals surface area contributed by atoms with Crippen LogP contribution in [0.5, 0.6) is 0 Å². The van der Waals surface area contributed by atoms with Gasteiger partial charge < -0.3 is 97.2 Å². The van der Waals surface area contributed by atoms with Crippen LogP contribution in [0.1, 0.15) is 258 Å². The summed E-state index contributed by atoms with van der Waals surface area (Å²) in [7, 11) is 0. The first-order valence-electron chi connectivity index (χ1n) is 37.2. The Morgan fingerprint density at radius 3 is 1.52 bits per heavy atom. The molecule has 0 spiro atoms. The number of carbonyl (C=O) groups is 9. The number of primary amides is 1. The molecular weight excluding hydrogens is 1270 g/mol. The minimum absolute atomic E-state index is 0.158. The SMILES string of the molecule is CC(N)CCCCCCCC(N)CCCCCCCC(N)CCCCCCCC(N)CCCCCCCC(O)CCNC(=O)CC(O)CC(O)CC(O)C(NC(=O)C1NC(=O)C(CC(N)=O)NC(=O)C(NC(=O)[C@H](Cc2ccccc2)NC(=O)CC(N)C(=O)O)CC(=O)NC1C)C(C)C. The fourth-order valence-electron chi connectivity index (χ4n) is 12.5. The van der Waals surface area contributed by atoms with Gasteiger partial charge in [0, 0.05) is 43.6 Å². The minimum Gasteiger partial charge on any atom is -0.480 e. The summed E-state index contributed by atoms with van der Waals surface area (Å²) in [5.41, 5.74) is 36.6. The maximum Gasteiger partial charge on any atom is 0.321 e. The van der Waals surface area contributed by atoms with E-state index in [0.29, 0.717) is 36.5 Å². The number of carbonyl (C=O) groups excluding carboxylic acids is 8. The highest BCUT2D eigenvalue weighted by Crippen LogP contribution is 2.20. The van der Waals surface area contributed by atoms with Crippen LogP contribution < -0.4 is 71.6 Å². The van der Waals surface area contributed by atoms with E-state index in [0.717, 1.165) is 83.5 Å². The number of aliphatic carboxylic acids is 1. The number of carboxylic acids is 1. The van der Waals surface area contributed by atoms with Crippen molar-refractivity contribution in [2.75, 3.05) is 6.54 Å². The van der Waals surface area contributed by atoms with Gasteiger partial charge in [-0.2, -0.15) is 0 Å². The molecule has 24 N–H and O–H groups in total. The van der Waals surface area contributed by atoms with Crippen LogP contribution >= 0.6 is 0 Å². The number of nitrogens with one attached hydrogen (secondary N) is 7. The van der Waals surface area contributed by atoms with Gasteiger partial charge in [0.05, 0.1) is 62.2 Å². The van der Waals surface area contributed by atoms with Crippen molar-refractivity contribution < 1.29 is 68.7 Å². The van der Waals surface area contributed by atoms with E-state index in [1.54, 1.807) is 44.2 Å². The van der Waals surface area contributed by atoms with Gasteiger partial charge in [0.2, 0.25) is 47.3 Å². The van der Waals surface area contributed by atoms with Crippen LogP contribution in [0.15, 0.2) is 30.3 Å². The smallest absolute Gasteiger partial charge is 0.321 e. The summed E-state index contributed by atoms with van der Waals surface area (Å²) < 4.78 is 0. The molecule has 27 nitrogen and oxygen atoms in total. The Hall–Kier alpha value is -5.91. The van der Waals surface area contributed by atoms with Gasteiger partial charge in [0.25, 0.3) is 0 Å². The lowest BCUT2D eigenvalue weighted by Gasteiger charge is -2.33. The molecule has 1 heterocycles. The first-order valence-corrected chi connectivity index (χ1v) is 37.2. The Kier molecular flexibility index (Phi) is 46.9. The van der Waals surface area contributed by atoms with Crippen molar-refractivity contribution in [1.29, 1.82) is 0 Å². The normalized spacial score (nSPS) is 19.4. The number of aliphatic hydroxyl groups excluding tert-OH is 4. The molecule has 1 aliphatic heterocycles. The Morgan fingerprint density at radius 2 is 1.04 bits per heavy atom. The number of unbranched alkanes of at least 4 members (excludes halogenated alkanes) is 16. The summed E-state index contributed by atoms with van der Waals surface area (Å²) in [6.45, 7) is 6.93. The molecule has 0 aromatic heterocycles. The van der Waals surface area contributed by atoms with Crippen molar-refractivity contribution in [3.63, 3.8) is 0 Å². The number of carboxylic acid groups (broad SMARTS) is 1. The van der Waals surface area contributed by atoms with Crippen LogP contribution in [0.3, 0.4) is 0 Å². The van der Waals surface area contributed by atoms with Crippen LogP contribution in [0, 0.1) is 5.92 Å². The Balaban J connectivity index is 1.70. The van der Waals surface area contributed by atoms with E-state index in [1.165, 1.54) is 96.8 Å². The van der Waals surface area contributed by atoms with Gasteiger partial charge in [-0.15, -0.1) is 0 Å². The molecule has 568 valence electrons. The molecule has 1 aromatic rings. The molecule has 1 aliphatic rings. The summed E-state index contributed by atoms with van der Waals surface area (Å²) in [5.74, 6) is -9.51. The number of benzene rings is 1. The van der Waals surface area contributed by atoms with Crippen LogP contribution in [0.25, 0.3) is 0 Å². The number of hydrogen-bond donors (Lipinski definition) is 18. The molecule has 14 unspecified atom stereocenters. The molecule has 2 rings (SSSR count). The van der Waals surface area contributed by atoms with E-state index < -0.39 is 145 Å². The van der Waals surface area contributed by atoms with Crippen LogP contribution in [-0.4, -0.2) is 176 Å². The number of aliphatic hydroxyl groups is 4. The highest BCUT2D eigenvalue weighted by molar-refractivity contribution is 5.99. The van der Waals surface area contributed by atoms with Gasteiger partial charge >= 0.3 is 5.97 Å². The van der Waals surface area contributed by atoms with Crippen molar-refractivity contribution in [2.24, 2.45) is 40.3 Å². The molecule has 0 bridgehead atoms. The second-order valence-electron chi connectivity index (χ2n) is 28.6. The minimum atomic E-state index is -1.76. The second-order valence-corrected chi connectivity index (χ2v) is 28.6. The number of hydrogen-bond acceptors (Lipinski definition) is 18. The molecular formula is C72H131N13O14. The van der Waals surface area contributed by atoms with Gasteiger partial charge in [-0.25, -0.2) is 0 Å². The van der Waals surface area contributed by atoms with Gasteiger partial charge in [-0.05, 0) is 89.5 Å². The summed E-state index contributed by atoms with van der Waals surface area (Å²) in [6.07, 6.45) is 24.1. The van der Waals surface area contributed by atoms with Gasteiger partial charge in [0.15, 0.2) is 0 Å². The fraction of sp³-hybridized carbons (Fsp3) is 0.792. The molecule has 0 radical (unpaired) electrons. The average molecular weight is 1400 g/mol. The molecule has 1 fully saturated rings. The summed E-state index contributed by atoms with van der Waals surface area (Å²) in [4.78, 5) is 119. The monoisotopic (exact) mass is 1400 g/mol. The van der Waals surface area contributed by atoms with E-state index in [-0.39, 0.29) is 38.3 Å².